The maximum Gasteiger partial charge on any atom is 0.306 e. The van der Waals surface area contributed by atoms with Gasteiger partial charge in [-0.3, -0.25) is 14.4 Å². The molecule has 24 heavy (non-hydrogen) atoms. The molecule has 1 saturated carbocycles. The number of nitrogens with one attached hydrogen (secondary N) is 1. The Morgan fingerprint density at radius 1 is 1.21 bits per heavy atom. The van der Waals surface area contributed by atoms with Crippen LogP contribution in [0.4, 0.5) is 5.69 Å². The number of hydrogen-bond acceptors (Lipinski definition) is 4. The van der Waals surface area contributed by atoms with E-state index in [2.05, 4.69) is 5.32 Å². The van der Waals surface area contributed by atoms with Crippen LogP contribution in [0.1, 0.15) is 32.1 Å². The van der Waals surface area contributed by atoms with Crippen LogP contribution >= 0.6 is 0 Å². The third-order valence-corrected chi connectivity index (χ3v) is 4.15. The van der Waals surface area contributed by atoms with Gasteiger partial charge < -0.3 is 20.9 Å². The molecule has 1 aromatic rings. The second-order valence-corrected chi connectivity index (χ2v) is 5.95. The number of carboxylic acids is 1. The Morgan fingerprint density at radius 3 is 2.62 bits per heavy atom. The third-order valence-electron chi connectivity index (χ3n) is 4.15. The van der Waals surface area contributed by atoms with E-state index in [1.165, 1.54) is 0 Å². The number of aliphatic carboxylic acids is 1. The molecule has 1 aromatic carbocycles. The molecule has 4 N–H and O–H groups in total. The number of anilines is 1. The molecule has 0 bridgehead atoms. The molecule has 0 radical (unpaired) electrons. The van der Waals surface area contributed by atoms with Crippen molar-refractivity contribution >= 4 is 23.5 Å². The van der Waals surface area contributed by atoms with Gasteiger partial charge in [0.25, 0.3) is 0 Å². The summed E-state index contributed by atoms with van der Waals surface area (Å²) in [5.41, 5.74) is 5.58. The normalized spacial score (nSPS) is 20.2. The number of hydrogen-bond donors (Lipinski definition) is 3. The standard InChI is InChI=1S/C17H22N2O5/c18-15(20)8-9-24-14-7-2-1-6-13(14)19-16(21)11-4-3-5-12(10-11)17(22)23/h1-2,6-7,11-12H,3-5,8-10H2,(H2,18,20)(H,19,21)(H,22,23). The lowest BCUT2D eigenvalue weighted by Gasteiger charge is -2.26. The summed E-state index contributed by atoms with van der Waals surface area (Å²) >= 11 is 0. The third kappa shape index (κ3) is 4.97. The van der Waals surface area contributed by atoms with Gasteiger partial charge in [-0.1, -0.05) is 18.6 Å². The van der Waals surface area contributed by atoms with E-state index >= 15 is 0 Å². The fraction of sp³-hybridized carbons (Fsp3) is 0.471. The number of amides is 2. The number of ether oxygens (including phenoxy) is 1. The maximum atomic E-state index is 12.4. The van der Waals surface area contributed by atoms with Crippen molar-refractivity contribution in [3.05, 3.63) is 24.3 Å². The van der Waals surface area contributed by atoms with Crippen LogP contribution in [0.2, 0.25) is 0 Å². The van der Waals surface area contributed by atoms with Crippen molar-refractivity contribution in [2.75, 3.05) is 11.9 Å². The van der Waals surface area contributed by atoms with E-state index in [0.717, 1.165) is 6.42 Å². The Hall–Kier alpha value is -2.57. The zero-order valence-electron chi connectivity index (χ0n) is 13.4. The van der Waals surface area contributed by atoms with E-state index in [4.69, 9.17) is 15.6 Å². The molecular formula is C17H22N2O5. The van der Waals surface area contributed by atoms with Gasteiger partial charge in [-0.05, 0) is 31.4 Å². The quantitative estimate of drug-likeness (QED) is 0.702. The van der Waals surface area contributed by atoms with Gasteiger partial charge in [0.15, 0.2) is 0 Å². The molecule has 1 aliphatic rings. The molecule has 0 aliphatic heterocycles. The lowest BCUT2D eigenvalue weighted by atomic mass is 9.81. The molecule has 1 aliphatic carbocycles. The molecule has 0 spiro atoms. The van der Waals surface area contributed by atoms with Gasteiger partial charge in [0.05, 0.1) is 24.6 Å². The first-order valence-corrected chi connectivity index (χ1v) is 8.01. The lowest BCUT2D eigenvalue weighted by molar-refractivity contribution is -0.143. The number of nitrogens with two attached hydrogens (primary N) is 1. The van der Waals surface area contributed by atoms with Gasteiger partial charge in [-0.25, -0.2) is 0 Å². The Morgan fingerprint density at radius 2 is 1.92 bits per heavy atom. The predicted molar refractivity (Wildman–Crippen MR) is 87.5 cm³/mol. The summed E-state index contributed by atoms with van der Waals surface area (Å²) in [6.45, 7) is 0.132. The van der Waals surface area contributed by atoms with E-state index in [9.17, 15) is 14.4 Å². The molecule has 7 heteroatoms. The first-order chi connectivity index (χ1) is 11.5. The van der Waals surface area contributed by atoms with Crippen molar-refractivity contribution < 1.29 is 24.2 Å². The van der Waals surface area contributed by atoms with Crippen LogP contribution in [0.25, 0.3) is 0 Å². The molecule has 130 valence electrons. The van der Waals surface area contributed by atoms with Crippen molar-refractivity contribution in [3.8, 4) is 5.75 Å². The fourth-order valence-electron chi connectivity index (χ4n) is 2.84. The number of rotatable bonds is 7. The van der Waals surface area contributed by atoms with Crippen LogP contribution in [-0.4, -0.2) is 29.5 Å². The molecular weight excluding hydrogens is 312 g/mol. The first-order valence-electron chi connectivity index (χ1n) is 8.01. The number of carboxylic acid groups (broad SMARTS) is 1. The second kappa shape index (κ2) is 8.33. The number of primary amides is 1. The Labute approximate surface area is 140 Å². The highest BCUT2D eigenvalue weighted by Crippen LogP contribution is 2.31. The van der Waals surface area contributed by atoms with E-state index in [1.54, 1.807) is 24.3 Å². The van der Waals surface area contributed by atoms with Crippen LogP contribution in [0.3, 0.4) is 0 Å². The minimum atomic E-state index is -0.845. The van der Waals surface area contributed by atoms with E-state index in [-0.39, 0.29) is 24.9 Å². The highest BCUT2D eigenvalue weighted by molar-refractivity contribution is 5.94. The van der Waals surface area contributed by atoms with Gasteiger partial charge in [0.2, 0.25) is 11.8 Å². The molecule has 2 atom stereocenters. The number of carbonyl (C=O) groups excluding carboxylic acids is 2. The summed E-state index contributed by atoms with van der Waals surface area (Å²) in [5.74, 6) is -1.83. The summed E-state index contributed by atoms with van der Waals surface area (Å²) in [6, 6.07) is 6.92. The number of para-hydroxylation sites is 2. The van der Waals surface area contributed by atoms with Crippen molar-refractivity contribution in [1.82, 2.24) is 0 Å². The molecule has 1 fully saturated rings. The average molecular weight is 334 g/mol. The van der Waals surface area contributed by atoms with E-state index < -0.39 is 17.8 Å². The molecule has 0 aromatic heterocycles. The van der Waals surface area contributed by atoms with Crippen LogP contribution in [0, 0.1) is 11.8 Å². The smallest absolute Gasteiger partial charge is 0.306 e. The van der Waals surface area contributed by atoms with Crippen molar-refractivity contribution in [2.45, 2.75) is 32.1 Å². The molecule has 2 amide bonds. The van der Waals surface area contributed by atoms with E-state index in [0.29, 0.717) is 30.7 Å². The zero-order chi connectivity index (χ0) is 17.5. The van der Waals surface area contributed by atoms with Crippen LogP contribution in [0.15, 0.2) is 24.3 Å². The molecule has 0 saturated heterocycles. The van der Waals surface area contributed by atoms with Gasteiger partial charge >= 0.3 is 5.97 Å². The van der Waals surface area contributed by atoms with Crippen LogP contribution in [0.5, 0.6) is 5.75 Å². The minimum Gasteiger partial charge on any atom is -0.491 e. The predicted octanol–water partition coefficient (Wildman–Crippen LogP) is 1.77. The van der Waals surface area contributed by atoms with Gasteiger partial charge in [-0.15, -0.1) is 0 Å². The summed E-state index contributed by atoms with van der Waals surface area (Å²) in [5, 5.41) is 11.9. The van der Waals surface area contributed by atoms with E-state index in [1.807, 2.05) is 0 Å². The molecule has 2 unspecified atom stereocenters. The lowest BCUT2D eigenvalue weighted by Crippen LogP contribution is -2.31. The van der Waals surface area contributed by atoms with Crippen LogP contribution < -0.4 is 15.8 Å². The largest absolute Gasteiger partial charge is 0.491 e. The van der Waals surface area contributed by atoms with Gasteiger partial charge in [-0.2, -0.15) is 0 Å². The highest BCUT2D eigenvalue weighted by atomic mass is 16.5. The van der Waals surface area contributed by atoms with Gasteiger partial charge in [0, 0.05) is 5.92 Å². The Bertz CT molecular complexity index is 617. The average Bonchev–Trinajstić information content (AvgIpc) is 2.56. The summed E-state index contributed by atoms with van der Waals surface area (Å²) < 4.78 is 5.49. The van der Waals surface area contributed by atoms with Crippen LogP contribution in [-0.2, 0) is 14.4 Å². The minimum absolute atomic E-state index is 0.0885. The first kappa shape index (κ1) is 17.8. The summed E-state index contributed by atoms with van der Waals surface area (Å²) in [7, 11) is 0. The number of carbonyl (C=O) groups is 3. The fourth-order valence-corrected chi connectivity index (χ4v) is 2.84. The monoisotopic (exact) mass is 334 g/mol. The van der Waals surface area contributed by atoms with Crippen molar-refractivity contribution in [3.63, 3.8) is 0 Å². The molecule has 7 nitrogen and oxygen atoms in total. The topological polar surface area (TPSA) is 119 Å². The number of benzene rings is 1. The summed E-state index contributed by atoms with van der Waals surface area (Å²) in [4.78, 5) is 34.3. The molecule has 0 heterocycles. The SMILES string of the molecule is NC(=O)CCOc1ccccc1NC(=O)C1CCCC(C(=O)O)C1. The Balaban J connectivity index is 1.98. The van der Waals surface area contributed by atoms with Crippen molar-refractivity contribution in [1.29, 1.82) is 0 Å². The maximum absolute atomic E-state index is 12.4. The van der Waals surface area contributed by atoms with Crippen molar-refractivity contribution in [2.24, 2.45) is 17.6 Å². The molecule has 2 rings (SSSR count). The Kier molecular flexibility index (Phi) is 6.17. The summed E-state index contributed by atoms with van der Waals surface area (Å²) in [6.07, 6.45) is 2.47. The second-order valence-electron chi connectivity index (χ2n) is 5.95. The van der Waals surface area contributed by atoms with Gasteiger partial charge in [0.1, 0.15) is 5.75 Å². The zero-order valence-corrected chi connectivity index (χ0v) is 13.4. The highest BCUT2D eigenvalue weighted by Gasteiger charge is 2.31.